The van der Waals surface area contributed by atoms with Gasteiger partial charge in [-0.3, -0.25) is 0 Å². The average molecular weight is 392 g/mol. The molecule has 0 aliphatic carbocycles. The molecule has 1 aromatic heterocycles. The number of pyridine rings is 1. The first-order chi connectivity index (χ1) is 8.94. The molecule has 0 atom stereocenters. The van der Waals surface area contributed by atoms with Gasteiger partial charge in [-0.2, -0.15) is 0 Å². The van der Waals surface area contributed by atoms with Crippen molar-refractivity contribution in [1.29, 1.82) is 0 Å². The van der Waals surface area contributed by atoms with Gasteiger partial charge in [-0.25, -0.2) is 9.98 Å². The number of hydrogen-bond acceptors (Lipinski definition) is 3. The zero-order chi connectivity index (χ0) is 14.3. The van der Waals surface area contributed by atoms with Gasteiger partial charge in [0, 0.05) is 24.3 Å². The van der Waals surface area contributed by atoms with Gasteiger partial charge in [0.05, 0.1) is 13.7 Å². The van der Waals surface area contributed by atoms with Crippen LogP contribution in [0, 0.1) is 0 Å². The lowest BCUT2D eigenvalue weighted by Crippen LogP contribution is -2.47. The van der Waals surface area contributed by atoms with Crippen molar-refractivity contribution in [1.82, 2.24) is 15.6 Å². The van der Waals surface area contributed by atoms with Crippen LogP contribution in [0.3, 0.4) is 0 Å². The third-order valence-electron chi connectivity index (χ3n) is 2.26. The molecule has 0 aliphatic rings. The van der Waals surface area contributed by atoms with Gasteiger partial charge in [-0.15, -0.1) is 24.0 Å². The summed E-state index contributed by atoms with van der Waals surface area (Å²) >= 11 is 0. The Labute approximate surface area is 138 Å². The van der Waals surface area contributed by atoms with Gasteiger partial charge < -0.3 is 15.4 Å². The van der Waals surface area contributed by atoms with E-state index in [0.29, 0.717) is 12.4 Å². The van der Waals surface area contributed by atoms with Gasteiger partial charge >= 0.3 is 0 Å². The fourth-order valence-electron chi connectivity index (χ4n) is 1.46. The summed E-state index contributed by atoms with van der Waals surface area (Å²) in [5.41, 5.74) is 1.03. The molecule has 0 aromatic carbocycles. The van der Waals surface area contributed by atoms with Crippen molar-refractivity contribution in [3.8, 4) is 5.88 Å². The number of guanidine groups is 1. The van der Waals surface area contributed by atoms with Gasteiger partial charge in [0.1, 0.15) is 0 Å². The highest BCUT2D eigenvalue weighted by Gasteiger charge is 2.11. The van der Waals surface area contributed by atoms with Crippen LogP contribution in [0.4, 0.5) is 0 Å². The van der Waals surface area contributed by atoms with E-state index < -0.39 is 0 Å². The molecular weight excluding hydrogens is 367 g/mol. The van der Waals surface area contributed by atoms with Crippen LogP contribution < -0.4 is 15.4 Å². The van der Waals surface area contributed by atoms with Crippen LogP contribution >= 0.6 is 24.0 Å². The largest absolute Gasteiger partial charge is 0.481 e. The van der Waals surface area contributed by atoms with Crippen molar-refractivity contribution in [2.24, 2.45) is 4.99 Å². The fraction of sp³-hybridized carbons (Fsp3) is 0.571. The summed E-state index contributed by atoms with van der Waals surface area (Å²) in [5, 5.41) is 6.57. The Kier molecular flexibility index (Phi) is 8.52. The van der Waals surface area contributed by atoms with E-state index in [4.69, 9.17) is 4.74 Å². The Balaban J connectivity index is 0.00000361. The molecule has 0 fully saturated rings. The lowest BCUT2D eigenvalue weighted by molar-refractivity contribution is 0.397. The highest BCUT2D eigenvalue weighted by Crippen LogP contribution is 2.07. The summed E-state index contributed by atoms with van der Waals surface area (Å²) in [6.07, 6.45) is 1.78. The average Bonchev–Trinajstić information content (AvgIpc) is 2.35. The maximum atomic E-state index is 5.03. The zero-order valence-electron chi connectivity index (χ0n) is 12.9. The Hall–Kier alpha value is -1.05. The van der Waals surface area contributed by atoms with Crippen LogP contribution in [0.15, 0.2) is 23.3 Å². The Morgan fingerprint density at radius 1 is 1.35 bits per heavy atom. The van der Waals surface area contributed by atoms with Gasteiger partial charge in [0.2, 0.25) is 5.88 Å². The predicted octanol–water partition coefficient (Wildman–Crippen LogP) is 2.56. The molecule has 0 saturated heterocycles. The summed E-state index contributed by atoms with van der Waals surface area (Å²) < 4.78 is 5.03. The molecular formula is C14H25IN4O. The van der Waals surface area contributed by atoms with Gasteiger partial charge in [0.25, 0.3) is 0 Å². The molecule has 1 aromatic rings. The smallest absolute Gasteiger partial charge is 0.212 e. The van der Waals surface area contributed by atoms with Crippen LogP contribution in [-0.2, 0) is 6.54 Å². The first-order valence-corrected chi connectivity index (χ1v) is 6.50. The molecule has 1 heterocycles. The minimum atomic E-state index is -0.0147. The highest BCUT2D eigenvalue weighted by atomic mass is 127. The van der Waals surface area contributed by atoms with Gasteiger partial charge in [-0.1, -0.05) is 6.07 Å². The van der Waals surface area contributed by atoms with Crippen molar-refractivity contribution in [3.05, 3.63) is 23.9 Å². The number of nitrogens with zero attached hydrogens (tertiary/aromatic N) is 2. The number of aromatic nitrogens is 1. The van der Waals surface area contributed by atoms with E-state index in [0.717, 1.165) is 18.1 Å². The molecule has 2 N–H and O–H groups in total. The van der Waals surface area contributed by atoms with Crippen LogP contribution in [0.5, 0.6) is 5.88 Å². The Bertz CT molecular complexity index is 412. The maximum Gasteiger partial charge on any atom is 0.212 e. The molecule has 5 nitrogen and oxygen atoms in total. The highest BCUT2D eigenvalue weighted by molar-refractivity contribution is 14.0. The standard InChI is InChI=1S/C14H24N4O.HI/c1-6-15-13(18-14(2,3)4)17-10-11-7-8-12(19-5)16-9-11;/h7-9H,6,10H2,1-5H3,(H2,15,17,18);1H. The normalized spacial score (nSPS) is 11.6. The minimum absolute atomic E-state index is 0. The van der Waals surface area contributed by atoms with E-state index in [9.17, 15) is 0 Å². The predicted molar refractivity (Wildman–Crippen MR) is 93.9 cm³/mol. The molecule has 1 rings (SSSR count). The number of hydrogen-bond donors (Lipinski definition) is 2. The van der Waals surface area contributed by atoms with E-state index in [1.807, 2.05) is 12.1 Å². The number of rotatable bonds is 4. The van der Waals surface area contributed by atoms with E-state index in [1.165, 1.54) is 0 Å². The number of ether oxygens (including phenoxy) is 1. The van der Waals surface area contributed by atoms with E-state index in [-0.39, 0.29) is 29.5 Å². The Morgan fingerprint density at radius 3 is 2.50 bits per heavy atom. The van der Waals surface area contributed by atoms with E-state index >= 15 is 0 Å². The van der Waals surface area contributed by atoms with Crippen LogP contribution in [0.25, 0.3) is 0 Å². The molecule has 0 radical (unpaired) electrons. The van der Waals surface area contributed by atoms with Crippen LogP contribution in [0.1, 0.15) is 33.3 Å². The summed E-state index contributed by atoms with van der Waals surface area (Å²) in [7, 11) is 1.61. The molecule has 0 spiro atoms. The van der Waals surface area contributed by atoms with E-state index in [1.54, 1.807) is 13.3 Å². The van der Waals surface area contributed by atoms with Crippen molar-refractivity contribution in [2.45, 2.75) is 39.8 Å². The molecule has 6 heteroatoms. The summed E-state index contributed by atoms with van der Waals surface area (Å²) in [6, 6.07) is 3.81. The Morgan fingerprint density at radius 2 is 2.05 bits per heavy atom. The van der Waals surface area contributed by atoms with Crippen molar-refractivity contribution < 1.29 is 4.74 Å². The fourth-order valence-corrected chi connectivity index (χ4v) is 1.46. The van der Waals surface area contributed by atoms with Gasteiger partial charge in [0.15, 0.2) is 5.96 Å². The molecule has 0 amide bonds. The maximum absolute atomic E-state index is 5.03. The molecule has 0 unspecified atom stereocenters. The second kappa shape index (κ2) is 8.99. The van der Waals surface area contributed by atoms with Gasteiger partial charge in [-0.05, 0) is 33.3 Å². The molecule has 0 aliphatic heterocycles. The van der Waals surface area contributed by atoms with Crippen molar-refractivity contribution >= 4 is 29.9 Å². The lowest BCUT2D eigenvalue weighted by atomic mass is 10.1. The molecule has 0 saturated carbocycles. The SMILES string of the molecule is CCNC(=NCc1ccc(OC)nc1)NC(C)(C)C.I. The van der Waals surface area contributed by atoms with E-state index in [2.05, 4.69) is 48.3 Å². The number of methoxy groups -OCH3 is 1. The second-order valence-corrected chi connectivity index (χ2v) is 5.28. The number of nitrogens with one attached hydrogen (secondary N) is 2. The summed E-state index contributed by atoms with van der Waals surface area (Å²) in [6.45, 7) is 9.79. The van der Waals surface area contributed by atoms with Crippen LogP contribution in [0.2, 0.25) is 0 Å². The monoisotopic (exact) mass is 392 g/mol. The van der Waals surface area contributed by atoms with Crippen molar-refractivity contribution in [3.63, 3.8) is 0 Å². The van der Waals surface area contributed by atoms with Crippen LogP contribution in [-0.4, -0.2) is 30.1 Å². The minimum Gasteiger partial charge on any atom is -0.481 e. The van der Waals surface area contributed by atoms with Crippen molar-refractivity contribution in [2.75, 3.05) is 13.7 Å². The number of halogens is 1. The third-order valence-corrected chi connectivity index (χ3v) is 2.26. The zero-order valence-corrected chi connectivity index (χ0v) is 15.2. The topological polar surface area (TPSA) is 58.5 Å². The first-order valence-electron chi connectivity index (χ1n) is 6.50. The summed E-state index contributed by atoms with van der Waals surface area (Å²) in [4.78, 5) is 8.70. The first kappa shape index (κ1) is 18.9. The lowest BCUT2D eigenvalue weighted by Gasteiger charge is -2.23. The summed E-state index contributed by atoms with van der Waals surface area (Å²) in [5.74, 6) is 1.43. The third kappa shape index (κ3) is 7.52. The quantitative estimate of drug-likeness (QED) is 0.470. The second-order valence-electron chi connectivity index (χ2n) is 5.28. The molecule has 20 heavy (non-hydrogen) atoms. The molecule has 114 valence electrons. The molecule has 0 bridgehead atoms. The number of aliphatic imine (C=N–C) groups is 1.